The molecule has 0 fully saturated rings. The fourth-order valence-electron chi connectivity index (χ4n) is 1.87. The minimum absolute atomic E-state index is 0.00127. The maximum Gasteiger partial charge on any atom is 0.416 e. The van der Waals surface area contributed by atoms with E-state index < -0.39 is 17.7 Å². The van der Waals surface area contributed by atoms with E-state index >= 15 is 0 Å². The van der Waals surface area contributed by atoms with Crippen molar-refractivity contribution in [3.8, 4) is 11.9 Å². The van der Waals surface area contributed by atoms with Gasteiger partial charge in [0.15, 0.2) is 0 Å². The second-order valence-corrected chi connectivity index (χ2v) is 4.13. The van der Waals surface area contributed by atoms with Crippen molar-refractivity contribution in [3.05, 3.63) is 53.5 Å². The standard InChI is InChI=1S/C14H10F3N3O/c1-21-13-10(3-2-5-20-13)11(8-18)12-7-9(4-6-19-12)14(15,16)17/h2-7,11H,1H3. The molecule has 0 aliphatic rings. The summed E-state index contributed by atoms with van der Waals surface area (Å²) in [7, 11) is 1.37. The second-order valence-electron chi connectivity index (χ2n) is 4.13. The molecular weight excluding hydrogens is 283 g/mol. The lowest BCUT2D eigenvalue weighted by atomic mass is 9.96. The lowest BCUT2D eigenvalue weighted by Crippen LogP contribution is -2.09. The predicted molar refractivity (Wildman–Crippen MR) is 67.5 cm³/mol. The van der Waals surface area contributed by atoms with Gasteiger partial charge >= 0.3 is 6.18 Å². The Bertz CT molecular complexity index is 680. The van der Waals surface area contributed by atoms with Crippen molar-refractivity contribution < 1.29 is 17.9 Å². The van der Waals surface area contributed by atoms with Crippen molar-refractivity contribution in [2.45, 2.75) is 12.1 Å². The first-order valence-corrected chi connectivity index (χ1v) is 5.89. The number of ether oxygens (including phenoxy) is 1. The largest absolute Gasteiger partial charge is 0.481 e. The molecule has 0 amide bonds. The molecule has 0 aromatic carbocycles. The fraction of sp³-hybridized carbons (Fsp3) is 0.214. The van der Waals surface area contributed by atoms with Crippen LogP contribution in [-0.2, 0) is 6.18 Å². The van der Waals surface area contributed by atoms with Gasteiger partial charge in [-0.3, -0.25) is 4.98 Å². The molecule has 0 saturated heterocycles. The number of rotatable bonds is 3. The van der Waals surface area contributed by atoms with Gasteiger partial charge in [0.1, 0.15) is 5.92 Å². The molecule has 0 saturated carbocycles. The topological polar surface area (TPSA) is 58.8 Å². The van der Waals surface area contributed by atoms with Crippen LogP contribution in [0.5, 0.6) is 5.88 Å². The van der Waals surface area contributed by atoms with Crippen LogP contribution < -0.4 is 4.74 Å². The molecule has 0 spiro atoms. The van der Waals surface area contributed by atoms with Crippen molar-refractivity contribution in [2.24, 2.45) is 0 Å². The van der Waals surface area contributed by atoms with E-state index in [0.717, 1.165) is 18.3 Å². The number of nitrogens with zero attached hydrogens (tertiary/aromatic N) is 3. The molecule has 21 heavy (non-hydrogen) atoms. The zero-order valence-electron chi connectivity index (χ0n) is 10.9. The first-order chi connectivity index (χ1) is 9.97. The second kappa shape index (κ2) is 5.79. The summed E-state index contributed by atoms with van der Waals surface area (Å²) in [6.45, 7) is 0. The van der Waals surface area contributed by atoms with Crippen LogP contribution in [0.15, 0.2) is 36.7 Å². The first-order valence-electron chi connectivity index (χ1n) is 5.89. The van der Waals surface area contributed by atoms with Gasteiger partial charge < -0.3 is 4.74 Å². The smallest absolute Gasteiger partial charge is 0.416 e. The van der Waals surface area contributed by atoms with E-state index in [-0.39, 0.29) is 11.6 Å². The van der Waals surface area contributed by atoms with Gasteiger partial charge in [-0.25, -0.2) is 4.98 Å². The molecule has 2 aromatic heterocycles. The SMILES string of the molecule is COc1ncccc1C(C#N)c1cc(C(F)(F)F)ccn1. The maximum atomic E-state index is 12.7. The lowest BCUT2D eigenvalue weighted by Gasteiger charge is -2.13. The number of hydrogen-bond acceptors (Lipinski definition) is 4. The highest BCUT2D eigenvalue weighted by Gasteiger charge is 2.32. The molecule has 0 aliphatic carbocycles. The Balaban J connectivity index is 2.50. The number of aromatic nitrogens is 2. The Kier molecular flexibility index (Phi) is 4.08. The van der Waals surface area contributed by atoms with Gasteiger partial charge in [0.05, 0.1) is 24.4 Å². The minimum Gasteiger partial charge on any atom is -0.481 e. The summed E-state index contributed by atoms with van der Waals surface area (Å²) in [5.74, 6) is -0.806. The number of nitriles is 1. The van der Waals surface area contributed by atoms with Crippen LogP contribution in [0.4, 0.5) is 13.2 Å². The quantitative estimate of drug-likeness (QED) is 0.872. The van der Waals surface area contributed by atoms with Gasteiger partial charge in [-0.05, 0) is 18.2 Å². The molecule has 0 N–H and O–H groups in total. The van der Waals surface area contributed by atoms with Gasteiger partial charge in [-0.2, -0.15) is 18.4 Å². The van der Waals surface area contributed by atoms with Gasteiger partial charge in [0.25, 0.3) is 0 Å². The molecule has 1 unspecified atom stereocenters. The Morgan fingerprint density at radius 2 is 2.00 bits per heavy atom. The highest BCUT2D eigenvalue weighted by atomic mass is 19.4. The molecule has 4 nitrogen and oxygen atoms in total. The van der Waals surface area contributed by atoms with Gasteiger partial charge in [-0.1, -0.05) is 6.07 Å². The highest BCUT2D eigenvalue weighted by molar-refractivity contribution is 5.41. The van der Waals surface area contributed by atoms with Gasteiger partial charge in [-0.15, -0.1) is 0 Å². The zero-order valence-corrected chi connectivity index (χ0v) is 10.9. The fourth-order valence-corrected chi connectivity index (χ4v) is 1.87. The average molecular weight is 293 g/mol. The van der Waals surface area contributed by atoms with Crippen LogP contribution in [-0.4, -0.2) is 17.1 Å². The summed E-state index contributed by atoms with van der Waals surface area (Å²) in [6.07, 6.45) is -1.99. The molecule has 0 radical (unpaired) electrons. The predicted octanol–water partition coefficient (Wildman–Crippen LogP) is 3.16. The number of pyridine rings is 2. The molecule has 2 heterocycles. The Morgan fingerprint density at radius 1 is 1.24 bits per heavy atom. The van der Waals surface area contributed by atoms with E-state index in [2.05, 4.69) is 9.97 Å². The Labute approximate surface area is 118 Å². The highest BCUT2D eigenvalue weighted by Crippen LogP contribution is 2.33. The molecule has 0 aliphatic heterocycles. The summed E-state index contributed by atoms with van der Waals surface area (Å²) in [6, 6.07) is 6.81. The molecular formula is C14H10F3N3O. The van der Waals surface area contributed by atoms with Crippen molar-refractivity contribution in [1.29, 1.82) is 5.26 Å². The van der Waals surface area contributed by atoms with E-state index in [4.69, 9.17) is 4.74 Å². The summed E-state index contributed by atoms with van der Waals surface area (Å²) < 4.78 is 43.2. The van der Waals surface area contributed by atoms with E-state index in [0.29, 0.717) is 5.56 Å². The Morgan fingerprint density at radius 3 is 2.62 bits per heavy atom. The normalized spacial score (nSPS) is 12.5. The Hall–Kier alpha value is -2.62. The van der Waals surface area contributed by atoms with Crippen molar-refractivity contribution >= 4 is 0 Å². The maximum absolute atomic E-state index is 12.7. The van der Waals surface area contributed by atoms with Crippen LogP contribution in [0.3, 0.4) is 0 Å². The molecule has 2 aromatic rings. The zero-order chi connectivity index (χ0) is 15.5. The van der Waals surface area contributed by atoms with Crippen LogP contribution in [0.2, 0.25) is 0 Å². The number of methoxy groups -OCH3 is 1. The van der Waals surface area contributed by atoms with Crippen LogP contribution >= 0.6 is 0 Å². The third kappa shape index (κ3) is 3.11. The molecule has 108 valence electrons. The summed E-state index contributed by atoms with van der Waals surface area (Å²) in [4.78, 5) is 7.81. The van der Waals surface area contributed by atoms with Crippen molar-refractivity contribution in [1.82, 2.24) is 9.97 Å². The van der Waals surface area contributed by atoms with Crippen LogP contribution in [0.25, 0.3) is 0 Å². The van der Waals surface area contributed by atoms with Crippen LogP contribution in [0, 0.1) is 11.3 Å². The van der Waals surface area contributed by atoms with Crippen LogP contribution in [0.1, 0.15) is 22.7 Å². The number of halogens is 3. The monoisotopic (exact) mass is 293 g/mol. The minimum atomic E-state index is -4.49. The van der Waals surface area contributed by atoms with Gasteiger partial charge in [0.2, 0.25) is 5.88 Å². The third-order valence-corrected chi connectivity index (χ3v) is 2.84. The van der Waals surface area contributed by atoms with E-state index in [9.17, 15) is 18.4 Å². The first kappa shape index (κ1) is 14.8. The van der Waals surface area contributed by atoms with E-state index in [1.165, 1.54) is 13.3 Å². The number of alkyl halides is 3. The summed E-state index contributed by atoms with van der Waals surface area (Å²) in [5.41, 5.74) is -0.483. The number of hydrogen-bond donors (Lipinski definition) is 0. The molecule has 0 bridgehead atoms. The average Bonchev–Trinajstić information content (AvgIpc) is 2.48. The van der Waals surface area contributed by atoms with Crippen molar-refractivity contribution in [3.63, 3.8) is 0 Å². The van der Waals surface area contributed by atoms with Crippen molar-refractivity contribution in [2.75, 3.05) is 7.11 Å². The molecule has 1 atom stereocenters. The molecule has 2 rings (SSSR count). The van der Waals surface area contributed by atoms with E-state index in [1.54, 1.807) is 12.1 Å². The lowest BCUT2D eigenvalue weighted by molar-refractivity contribution is -0.137. The van der Waals surface area contributed by atoms with Gasteiger partial charge in [0, 0.05) is 18.0 Å². The summed E-state index contributed by atoms with van der Waals surface area (Å²) >= 11 is 0. The third-order valence-electron chi connectivity index (χ3n) is 2.84. The summed E-state index contributed by atoms with van der Waals surface area (Å²) in [5, 5.41) is 9.29. The van der Waals surface area contributed by atoms with E-state index in [1.807, 2.05) is 6.07 Å². The molecule has 7 heteroatoms.